The molecule has 42 heavy (non-hydrogen) atoms. The van der Waals surface area contributed by atoms with E-state index in [-0.39, 0.29) is 19.6 Å². The first-order valence-corrected chi connectivity index (χ1v) is 15.8. The van der Waals surface area contributed by atoms with Crippen molar-refractivity contribution < 1.29 is 18.0 Å². The lowest BCUT2D eigenvalue weighted by Crippen LogP contribution is -2.47. The van der Waals surface area contributed by atoms with Crippen LogP contribution in [-0.4, -0.2) is 42.2 Å². The predicted octanol–water partition coefficient (Wildman–Crippen LogP) is 5.84. The lowest BCUT2D eigenvalue weighted by molar-refractivity contribution is -0.141. The number of rotatable bonds is 12. The van der Waals surface area contributed by atoms with Gasteiger partial charge in [-0.3, -0.25) is 9.59 Å². The second-order valence-corrected chi connectivity index (χ2v) is 12.6. The van der Waals surface area contributed by atoms with Gasteiger partial charge in [0.1, 0.15) is 6.04 Å². The highest BCUT2D eigenvalue weighted by atomic mass is 35.5. The van der Waals surface area contributed by atoms with Crippen LogP contribution in [0.15, 0.2) is 109 Å². The molecule has 0 heterocycles. The van der Waals surface area contributed by atoms with Gasteiger partial charge in [0.25, 0.3) is 0 Å². The largest absolute Gasteiger partial charge is 0.350 e. The summed E-state index contributed by atoms with van der Waals surface area (Å²) in [5.74, 6) is -0.967. The minimum atomic E-state index is -3.78. The van der Waals surface area contributed by atoms with Gasteiger partial charge in [0, 0.05) is 29.7 Å². The maximum absolute atomic E-state index is 14.1. The van der Waals surface area contributed by atoms with Crippen LogP contribution in [0.5, 0.6) is 0 Å². The smallest absolute Gasteiger partial charge is 0.247 e. The molecule has 0 aromatic heterocycles. The number of benzene rings is 4. The molecule has 1 N–H and O–H groups in total. The summed E-state index contributed by atoms with van der Waals surface area (Å²) in [5, 5.41) is 3.96. The highest BCUT2D eigenvalue weighted by Crippen LogP contribution is 2.26. The summed E-state index contributed by atoms with van der Waals surface area (Å²) in [4.78, 5) is 29.4. The van der Waals surface area contributed by atoms with Crippen molar-refractivity contribution in [2.24, 2.45) is 0 Å². The van der Waals surface area contributed by atoms with Crippen LogP contribution < -0.4 is 5.32 Å². The number of hydrogen-bond acceptors (Lipinski definition) is 4. The zero-order valence-corrected chi connectivity index (χ0v) is 25.3. The normalized spacial score (nSPS) is 12.1. The standard InChI is InChI=1S/C32H31Cl2N3O4S/c1-42(40,41)36(21-24-10-4-2-5-11-24)23-30(38)37(22-25-16-18-28(33)19-17-25)31(26-12-6-3-7-13-26)32(39)35-20-27-14-8-9-15-29(27)34/h2-19,31H,20-23H2,1H3,(H,35,39)/t31-/m0/s1. The minimum absolute atomic E-state index is 0.00883. The molecule has 0 unspecified atom stereocenters. The fourth-order valence-corrected chi connectivity index (χ4v) is 5.52. The van der Waals surface area contributed by atoms with Crippen LogP contribution >= 0.6 is 23.2 Å². The van der Waals surface area contributed by atoms with Gasteiger partial charge >= 0.3 is 0 Å². The molecule has 0 bridgehead atoms. The van der Waals surface area contributed by atoms with Crippen LogP contribution in [0.25, 0.3) is 0 Å². The lowest BCUT2D eigenvalue weighted by atomic mass is 10.0. The van der Waals surface area contributed by atoms with E-state index in [1.165, 1.54) is 4.90 Å². The Morgan fingerprint density at radius 1 is 0.762 bits per heavy atom. The first-order chi connectivity index (χ1) is 20.1. The van der Waals surface area contributed by atoms with Gasteiger partial charge in [-0.05, 0) is 40.5 Å². The van der Waals surface area contributed by atoms with E-state index in [9.17, 15) is 18.0 Å². The molecule has 0 saturated carbocycles. The third kappa shape index (κ3) is 8.66. The fraction of sp³-hybridized carbons (Fsp3) is 0.188. The fourth-order valence-electron chi connectivity index (χ4n) is 4.46. The molecular weight excluding hydrogens is 593 g/mol. The Hall–Kier alpha value is -3.69. The summed E-state index contributed by atoms with van der Waals surface area (Å²) in [6.45, 7) is -0.260. The van der Waals surface area contributed by atoms with E-state index in [0.717, 1.165) is 27.3 Å². The van der Waals surface area contributed by atoms with Crippen LogP contribution in [0.3, 0.4) is 0 Å². The van der Waals surface area contributed by atoms with E-state index in [2.05, 4.69) is 5.32 Å². The van der Waals surface area contributed by atoms with E-state index in [4.69, 9.17) is 23.2 Å². The molecule has 7 nitrogen and oxygen atoms in total. The van der Waals surface area contributed by atoms with E-state index in [1.54, 1.807) is 84.9 Å². The third-order valence-corrected chi connectivity index (χ3v) is 8.47. The lowest BCUT2D eigenvalue weighted by Gasteiger charge is -2.33. The molecule has 4 aromatic rings. The van der Waals surface area contributed by atoms with Gasteiger partial charge in [0.15, 0.2) is 0 Å². The van der Waals surface area contributed by atoms with E-state index < -0.39 is 34.4 Å². The molecule has 0 spiro atoms. The SMILES string of the molecule is CS(=O)(=O)N(CC(=O)N(Cc1ccc(Cl)cc1)[C@H](C(=O)NCc1ccccc1Cl)c1ccccc1)Cc1ccccc1. The average Bonchev–Trinajstić information content (AvgIpc) is 2.97. The molecule has 1 atom stereocenters. The molecular formula is C32H31Cl2N3O4S. The van der Waals surface area contributed by atoms with E-state index in [0.29, 0.717) is 15.6 Å². The van der Waals surface area contributed by atoms with Crippen molar-refractivity contribution in [1.29, 1.82) is 0 Å². The maximum Gasteiger partial charge on any atom is 0.247 e. The number of halogens is 2. The van der Waals surface area contributed by atoms with Crippen molar-refractivity contribution in [2.75, 3.05) is 12.8 Å². The Bertz CT molecular complexity index is 1600. The van der Waals surface area contributed by atoms with Gasteiger partial charge in [0.05, 0.1) is 12.8 Å². The summed E-state index contributed by atoms with van der Waals surface area (Å²) >= 11 is 12.4. The van der Waals surface area contributed by atoms with Gasteiger partial charge in [-0.25, -0.2) is 8.42 Å². The highest BCUT2D eigenvalue weighted by Gasteiger charge is 2.33. The highest BCUT2D eigenvalue weighted by molar-refractivity contribution is 7.88. The number of carbonyl (C=O) groups excluding carboxylic acids is 2. The average molecular weight is 625 g/mol. The monoisotopic (exact) mass is 623 g/mol. The number of hydrogen-bond donors (Lipinski definition) is 1. The van der Waals surface area contributed by atoms with Crippen LogP contribution in [0.2, 0.25) is 10.0 Å². The van der Waals surface area contributed by atoms with Gasteiger partial charge < -0.3 is 10.2 Å². The van der Waals surface area contributed by atoms with E-state index >= 15 is 0 Å². The predicted molar refractivity (Wildman–Crippen MR) is 166 cm³/mol. The van der Waals surface area contributed by atoms with Crippen LogP contribution in [0, 0.1) is 0 Å². The molecule has 0 aliphatic rings. The summed E-state index contributed by atoms with van der Waals surface area (Å²) in [7, 11) is -3.78. The van der Waals surface area contributed by atoms with Gasteiger partial charge in [-0.2, -0.15) is 4.31 Å². The summed E-state index contributed by atoms with van der Waals surface area (Å²) in [5.41, 5.74) is 2.75. The minimum Gasteiger partial charge on any atom is -0.350 e. The van der Waals surface area contributed by atoms with Crippen LogP contribution in [0.4, 0.5) is 0 Å². The number of nitrogens with zero attached hydrogens (tertiary/aromatic N) is 2. The number of carbonyl (C=O) groups is 2. The molecule has 10 heteroatoms. The van der Waals surface area contributed by atoms with Crippen molar-refractivity contribution in [1.82, 2.24) is 14.5 Å². The Morgan fingerprint density at radius 2 is 1.33 bits per heavy atom. The first kappa shape index (κ1) is 31.3. The molecule has 4 aromatic carbocycles. The topological polar surface area (TPSA) is 86.8 Å². The maximum atomic E-state index is 14.1. The molecule has 218 valence electrons. The second kappa shape index (κ2) is 14.5. The zero-order chi connectivity index (χ0) is 30.1. The Labute approximate surface area is 256 Å². The zero-order valence-electron chi connectivity index (χ0n) is 23.0. The Balaban J connectivity index is 1.70. The Kier molecular flexibility index (Phi) is 10.8. The van der Waals surface area contributed by atoms with Crippen molar-refractivity contribution in [3.63, 3.8) is 0 Å². The van der Waals surface area contributed by atoms with Gasteiger partial charge in [-0.1, -0.05) is 114 Å². The summed E-state index contributed by atoms with van der Waals surface area (Å²) in [6, 6.07) is 31.0. The number of nitrogens with one attached hydrogen (secondary N) is 1. The summed E-state index contributed by atoms with van der Waals surface area (Å²) in [6.07, 6.45) is 1.07. The van der Waals surface area contributed by atoms with Crippen molar-refractivity contribution in [3.05, 3.63) is 141 Å². The molecule has 4 rings (SSSR count). The molecule has 2 amide bonds. The molecule has 0 aliphatic heterocycles. The van der Waals surface area contributed by atoms with E-state index in [1.807, 2.05) is 24.3 Å². The van der Waals surface area contributed by atoms with Crippen molar-refractivity contribution >= 4 is 45.0 Å². The van der Waals surface area contributed by atoms with Gasteiger partial charge in [-0.15, -0.1) is 0 Å². The first-order valence-electron chi connectivity index (χ1n) is 13.2. The third-order valence-electron chi connectivity index (χ3n) is 6.66. The van der Waals surface area contributed by atoms with Gasteiger partial charge in [0.2, 0.25) is 21.8 Å². The number of amides is 2. The summed E-state index contributed by atoms with van der Waals surface area (Å²) < 4.78 is 26.7. The van der Waals surface area contributed by atoms with Crippen molar-refractivity contribution in [2.45, 2.75) is 25.7 Å². The molecule has 0 radical (unpaired) electrons. The van der Waals surface area contributed by atoms with Crippen molar-refractivity contribution in [3.8, 4) is 0 Å². The van der Waals surface area contributed by atoms with Crippen LogP contribution in [-0.2, 0) is 39.2 Å². The Morgan fingerprint density at radius 3 is 1.95 bits per heavy atom. The second-order valence-electron chi connectivity index (χ2n) is 9.79. The number of sulfonamides is 1. The molecule has 0 saturated heterocycles. The quantitative estimate of drug-likeness (QED) is 0.215. The molecule has 0 fully saturated rings. The molecule has 0 aliphatic carbocycles. The van der Waals surface area contributed by atoms with Crippen LogP contribution in [0.1, 0.15) is 28.3 Å².